The highest BCUT2D eigenvalue weighted by Crippen LogP contribution is 2.53. The van der Waals surface area contributed by atoms with E-state index in [1.807, 2.05) is 12.3 Å². The number of hydrogen-bond donors (Lipinski definition) is 0. The van der Waals surface area contributed by atoms with Gasteiger partial charge in [-0.15, -0.1) is 0 Å². The molecule has 0 radical (unpaired) electrons. The summed E-state index contributed by atoms with van der Waals surface area (Å²) in [5.74, 6) is 2.40. The van der Waals surface area contributed by atoms with Crippen LogP contribution < -0.4 is 4.74 Å². The van der Waals surface area contributed by atoms with Crippen molar-refractivity contribution in [1.82, 2.24) is 9.55 Å². The van der Waals surface area contributed by atoms with Crippen molar-refractivity contribution in [3.63, 3.8) is 0 Å². The van der Waals surface area contributed by atoms with E-state index >= 15 is 0 Å². The second-order valence-electron chi connectivity index (χ2n) is 23.9. The summed E-state index contributed by atoms with van der Waals surface area (Å²) in [6.45, 7) is 34.2. The van der Waals surface area contributed by atoms with E-state index in [0.717, 1.165) is 44.7 Å². The van der Waals surface area contributed by atoms with Gasteiger partial charge in [-0.1, -0.05) is 175 Å². The molecule has 0 bridgehead atoms. The largest absolute Gasteiger partial charge is 0.468 e. The Bertz CT molecular complexity index is 3210. The number of hydrogen-bond acceptors (Lipinski definition) is 4. The normalized spacial score (nSPS) is 17.8. The molecule has 0 fully saturated rings. The maximum absolute atomic E-state index is 7.43. The summed E-state index contributed by atoms with van der Waals surface area (Å²) in [4.78, 5) is 10.9. The fourth-order valence-electron chi connectivity index (χ4n) is 10.8. The van der Waals surface area contributed by atoms with Gasteiger partial charge in [-0.25, -0.2) is 9.98 Å². The molecule has 2 atom stereocenters. The second-order valence-corrected chi connectivity index (χ2v) is 23.9. The molecular formula is C65H73N3O2. The fourth-order valence-corrected chi connectivity index (χ4v) is 10.8. The predicted molar refractivity (Wildman–Crippen MR) is 295 cm³/mol. The van der Waals surface area contributed by atoms with E-state index in [0.29, 0.717) is 11.6 Å². The topological polar surface area (TPSA) is 48.6 Å². The molecule has 5 nitrogen and oxygen atoms in total. The van der Waals surface area contributed by atoms with Crippen molar-refractivity contribution < 1.29 is 9.47 Å². The molecule has 0 saturated heterocycles. The monoisotopic (exact) mass is 928 g/mol. The minimum Gasteiger partial charge on any atom is -0.468 e. The highest BCUT2D eigenvalue weighted by atomic mass is 16.5. The zero-order valence-corrected chi connectivity index (χ0v) is 44.3. The molecule has 0 unspecified atom stereocenters. The highest BCUT2D eigenvalue weighted by Gasteiger charge is 2.59. The van der Waals surface area contributed by atoms with E-state index in [1.54, 1.807) is 0 Å². The van der Waals surface area contributed by atoms with Crippen LogP contribution >= 0.6 is 0 Å². The molecule has 3 heterocycles. The van der Waals surface area contributed by atoms with E-state index in [9.17, 15) is 0 Å². The summed E-state index contributed by atoms with van der Waals surface area (Å²) in [5, 5.41) is 2.32. The lowest BCUT2D eigenvalue weighted by atomic mass is 9.64. The maximum atomic E-state index is 7.43. The molecule has 360 valence electrons. The van der Waals surface area contributed by atoms with Gasteiger partial charge >= 0.3 is 0 Å². The van der Waals surface area contributed by atoms with E-state index in [2.05, 4.69) is 248 Å². The third kappa shape index (κ3) is 8.75. The van der Waals surface area contributed by atoms with Crippen LogP contribution in [0.15, 0.2) is 157 Å². The summed E-state index contributed by atoms with van der Waals surface area (Å²) in [6, 6.07) is 52.9. The molecule has 6 aromatic carbocycles. The summed E-state index contributed by atoms with van der Waals surface area (Å²) in [6.07, 6.45) is 1.90. The molecule has 0 amide bonds. The minimum absolute atomic E-state index is 0.00133. The second kappa shape index (κ2) is 17.7. The van der Waals surface area contributed by atoms with Gasteiger partial charge in [0, 0.05) is 34.5 Å². The fraction of sp³-hybridized carbons (Fsp3) is 0.354. The number of rotatable bonds is 10. The zero-order chi connectivity index (χ0) is 50.1. The van der Waals surface area contributed by atoms with Crippen LogP contribution in [-0.2, 0) is 21.0 Å². The van der Waals surface area contributed by atoms with Crippen molar-refractivity contribution in [1.29, 1.82) is 0 Å². The number of nitrogens with zero attached hydrogens (tertiary/aromatic N) is 3. The highest BCUT2D eigenvalue weighted by molar-refractivity contribution is 6.08. The van der Waals surface area contributed by atoms with Crippen LogP contribution in [0.5, 0.6) is 11.5 Å². The molecule has 0 spiro atoms. The first kappa shape index (κ1) is 48.6. The van der Waals surface area contributed by atoms with Crippen LogP contribution in [0.3, 0.4) is 0 Å². The summed E-state index contributed by atoms with van der Waals surface area (Å²) < 4.78 is 17.1. The molecule has 5 heteroatoms. The molecule has 8 aromatic rings. The molecule has 1 aliphatic rings. The lowest BCUT2D eigenvalue weighted by Crippen LogP contribution is -2.54. The minimum atomic E-state index is -0.692. The third-order valence-corrected chi connectivity index (χ3v) is 15.2. The Morgan fingerprint density at radius 3 is 1.80 bits per heavy atom. The average Bonchev–Trinajstić information content (AvgIpc) is 3.79. The van der Waals surface area contributed by atoms with Crippen LogP contribution in [0.4, 0.5) is 0 Å². The molecule has 0 saturated carbocycles. The Balaban J connectivity index is 1.28. The molecule has 70 heavy (non-hydrogen) atoms. The molecule has 2 aromatic heterocycles. The van der Waals surface area contributed by atoms with Crippen molar-refractivity contribution >= 4 is 27.8 Å². The lowest BCUT2D eigenvalue weighted by molar-refractivity contribution is -0.0158. The van der Waals surface area contributed by atoms with Gasteiger partial charge < -0.3 is 9.47 Å². The van der Waals surface area contributed by atoms with Crippen LogP contribution in [0, 0.1) is 5.92 Å². The lowest BCUT2D eigenvalue weighted by Gasteiger charge is -2.45. The Morgan fingerprint density at radius 1 is 0.571 bits per heavy atom. The Hall–Kier alpha value is -6.46. The molecular weight excluding hydrogens is 855 g/mol. The summed E-state index contributed by atoms with van der Waals surface area (Å²) >= 11 is 0. The van der Waals surface area contributed by atoms with Crippen LogP contribution in [0.25, 0.3) is 38.8 Å². The van der Waals surface area contributed by atoms with Gasteiger partial charge in [0.05, 0.1) is 11.2 Å². The number of pyridine rings is 1. The summed E-state index contributed by atoms with van der Waals surface area (Å²) in [7, 11) is 0. The van der Waals surface area contributed by atoms with Crippen molar-refractivity contribution in [3.8, 4) is 28.3 Å². The van der Waals surface area contributed by atoms with Gasteiger partial charge in [-0.3, -0.25) is 4.57 Å². The van der Waals surface area contributed by atoms with Crippen LogP contribution in [0.2, 0.25) is 0 Å². The quantitative estimate of drug-likeness (QED) is 0.137. The third-order valence-electron chi connectivity index (χ3n) is 15.2. The molecule has 9 rings (SSSR count). The van der Waals surface area contributed by atoms with E-state index < -0.39 is 11.1 Å². The zero-order valence-electron chi connectivity index (χ0n) is 44.3. The van der Waals surface area contributed by atoms with Gasteiger partial charge in [-0.05, 0) is 141 Å². The molecule has 0 N–H and O–H groups in total. The first-order chi connectivity index (χ1) is 33.0. The standard InChI is InChI=1S/C65H73N3O2/c1-41(2)52-28-22-30-55(63(11,12)13)57(52)45-34-46(60-67-64(14,65(15,70-60)42(3)4)58(43-24-18-16-19-25-43)44-26-20-17-21-27-44)36-50(35-45)69-51-38-48(62(8,9)10)37-49(40-51)68-56-32-31-47(61(5,6)7)39-54(56)53-29-23-33-66-59(53)68/h16-42,58H,1-15H3/t64-,65-/m1/s1. The van der Waals surface area contributed by atoms with Gasteiger partial charge in [0.2, 0.25) is 5.90 Å². The van der Waals surface area contributed by atoms with Gasteiger partial charge in [0.25, 0.3) is 0 Å². The van der Waals surface area contributed by atoms with Crippen molar-refractivity contribution in [2.24, 2.45) is 10.9 Å². The summed E-state index contributed by atoms with van der Waals surface area (Å²) in [5.41, 5.74) is 12.0. The smallest absolute Gasteiger partial charge is 0.217 e. The van der Waals surface area contributed by atoms with Crippen molar-refractivity contribution in [2.75, 3.05) is 0 Å². The first-order valence-electron chi connectivity index (χ1n) is 25.4. The molecule has 0 aliphatic carbocycles. The SMILES string of the molecule is CC(C)c1cccc(C(C)(C)C)c1-c1cc(Oc2cc(-n3c4ccc(C(C)(C)C)cc4c4cccnc43)cc(C(C)(C)C)c2)cc(C2=N[C@](C)(C(c3ccccc3)c3ccccc3)[C@@](C)(C(C)C)O2)c1. The number of aliphatic imine (C=N–C) groups is 1. The maximum Gasteiger partial charge on any atom is 0.217 e. The van der Waals surface area contributed by atoms with Gasteiger partial charge in [-0.2, -0.15) is 0 Å². The van der Waals surface area contributed by atoms with E-state index in [1.165, 1.54) is 38.8 Å². The Kier molecular flexibility index (Phi) is 12.3. The number of ether oxygens (including phenoxy) is 2. The van der Waals surface area contributed by atoms with Gasteiger partial charge in [0.15, 0.2) is 0 Å². The van der Waals surface area contributed by atoms with Crippen molar-refractivity contribution in [2.45, 2.75) is 143 Å². The van der Waals surface area contributed by atoms with Crippen molar-refractivity contribution in [3.05, 3.63) is 191 Å². The number of aromatic nitrogens is 2. The predicted octanol–water partition coefficient (Wildman–Crippen LogP) is 17.4. The Labute approximate surface area is 418 Å². The Morgan fingerprint density at radius 2 is 1.20 bits per heavy atom. The van der Waals surface area contributed by atoms with E-state index in [4.69, 9.17) is 19.5 Å². The van der Waals surface area contributed by atoms with Gasteiger partial charge in [0.1, 0.15) is 28.3 Å². The van der Waals surface area contributed by atoms with Crippen LogP contribution in [0.1, 0.15) is 155 Å². The first-order valence-corrected chi connectivity index (χ1v) is 25.4. The molecule has 1 aliphatic heterocycles. The van der Waals surface area contributed by atoms with E-state index in [-0.39, 0.29) is 34.0 Å². The number of benzene rings is 6. The average molecular weight is 928 g/mol. The number of fused-ring (bicyclic) bond motifs is 3. The van der Waals surface area contributed by atoms with Crippen LogP contribution in [-0.4, -0.2) is 26.6 Å².